The van der Waals surface area contributed by atoms with Gasteiger partial charge in [0.15, 0.2) is 0 Å². The Morgan fingerprint density at radius 2 is 1.42 bits per heavy atom. The largest absolute Gasteiger partial charge is 0.335 e. The normalized spacial score (nSPS) is 22.8. The highest BCUT2D eigenvalue weighted by Gasteiger charge is 2.61. The fourth-order valence-corrected chi connectivity index (χ4v) is 10.1. The van der Waals surface area contributed by atoms with Crippen molar-refractivity contribution in [3.05, 3.63) is 95.6 Å². The van der Waals surface area contributed by atoms with Crippen molar-refractivity contribution in [2.75, 3.05) is 4.90 Å². The lowest BCUT2D eigenvalue weighted by molar-refractivity contribution is 0.195. The fraction of sp³-hybridized carbons (Fsp3) is 0.381. The minimum atomic E-state index is -0.0234. The number of rotatable bonds is 1. The Labute approximate surface area is 269 Å². The maximum absolute atomic E-state index is 2.85. The maximum Gasteiger partial charge on any atom is 0.252 e. The van der Waals surface area contributed by atoms with Crippen LogP contribution in [0.25, 0.3) is 27.8 Å². The third kappa shape index (κ3) is 3.27. The number of aromatic nitrogens is 1. The molecule has 2 unspecified atom stereocenters. The number of anilines is 2. The number of fused-ring (bicyclic) bond motifs is 7. The van der Waals surface area contributed by atoms with E-state index in [0.29, 0.717) is 0 Å². The molecule has 5 aromatic rings. The molecule has 0 saturated heterocycles. The monoisotopic (exact) mass is 588 g/mol. The summed E-state index contributed by atoms with van der Waals surface area (Å²) in [5.74, 6) is 0. The average molecular weight is 589 g/mol. The summed E-state index contributed by atoms with van der Waals surface area (Å²) >= 11 is 0. The summed E-state index contributed by atoms with van der Waals surface area (Å²) in [5, 5.41) is 1.40. The lowest BCUT2D eigenvalue weighted by Crippen LogP contribution is -2.64. The molecule has 1 aromatic heterocycles. The molecule has 0 bridgehead atoms. The molecule has 4 aliphatic rings. The molecule has 1 saturated carbocycles. The smallest absolute Gasteiger partial charge is 0.252 e. The molecule has 226 valence electrons. The van der Waals surface area contributed by atoms with E-state index in [0.717, 1.165) is 0 Å². The minimum Gasteiger partial charge on any atom is -0.335 e. The van der Waals surface area contributed by atoms with Gasteiger partial charge in [-0.2, -0.15) is 0 Å². The third-order valence-electron chi connectivity index (χ3n) is 12.4. The lowest BCUT2D eigenvalue weighted by Gasteiger charge is -2.52. The predicted molar refractivity (Wildman–Crippen MR) is 194 cm³/mol. The number of nitrogens with zero attached hydrogens (tertiary/aromatic N) is 2. The molecule has 3 heteroatoms. The molecule has 45 heavy (non-hydrogen) atoms. The summed E-state index contributed by atoms with van der Waals surface area (Å²) in [5.41, 5.74) is 17.5. The summed E-state index contributed by atoms with van der Waals surface area (Å²) < 4.78 is 2.66. The predicted octanol–water partition coefficient (Wildman–Crippen LogP) is 8.78. The van der Waals surface area contributed by atoms with E-state index in [4.69, 9.17) is 0 Å². The van der Waals surface area contributed by atoms with E-state index in [1.54, 1.807) is 5.56 Å². The molecule has 0 radical (unpaired) electrons. The molecule has 0 amide bonds. The van der Waals surface area contributed by atoms with Crippen LogP contribution in [0.2, 0.25) is 0 Å². The SMILES string of the molecule is CC(C)(C)c1cc2c3c(c1)C1(C)CCCCC1(C)N3c1cccc3c1B2c1cccc2c(C(C)(C)C)c(-c4ccccc4)n-3c12. The van der Waals surface area contributed by atoms with Gasteiger partial charge in [-0.15, -0.1) is 0 Å². The van der Waals surface area contributed by atoms with Crippen LogP contribution in [0.5, 0.6) is 0 Å². The van der Waals surface area contributed by atoms with Crippen molar-refractivity contribution in [2.24, 2.45) is 0 Å². The van der Waals surface area contributed by atoms with E-state index in [9.17, 15) is 0 Å². The van der Waals surface area contributed by atoms with Crippen LogP contribution in [0.15, 0.2) is 78.9 Å². The molecule has 9 rings (SSSR count). The van der Waals surface area contributed by atoms with Gasteiger partial charge < -0.3 is 9.47 Å². The second-order valence-corrected chi connectivity index (χ2v) is 16.9. The highest BCUT2D eigenvalue weighted by atomic mass is 15.3. The lowest BCUT2D eigenvalue weighted by atomic mass is 9.33. The zero-order valence-electron chi connectivity index (χ0n) is 28.3. The van der Waals surface area contributed by atoms with E-state index < -0.39 is 0 Å². The summed E-state index contributed by atoms with van der Waals surface area (Å²) in [7, 11) is 0. The van der Waals surface area contributed by atoms with Gasteiger partial charge in [0.25, 0.3) is 6.71 Å². The zero-order valence-corrected chi connectivity index (χ0v) is 28.3. The number of benzene rings is 4. The summed E-state index contributed by atoms with van der Waals surface area (Å²) in [6, 6.07) is 30.7. The molecule has 2 atom stereocenters. The summed E-state index contributed by atoms with van der Waals surface area (Å²) in [6.45, 7) is 19.7. The number of para-hydroxylation sites is 1. The summed E-state index contributed by atoms with van der Waals surface area (Å²) in [6.07, 6.45) is 5.09. The van der Waals surface area contributed by atoms with Crippen LogP contribution in [0.3, 0.4) is 0 Å². The first kappa shape index (κ1) is 27.6. The van der Waals surface area contributed by atoms with Crippen molar-refractivity contribution in [1.29, 1.82) is 0 Å². The van der Waals surface area contributed by atoms with Gasteiger partial charge in [0.05, 0.1) is 11.2 Å². The van der Waals surface area contributed by atoms with Crippen molar-refractivity contribution in [3.8, 4) is 16.9 Å². The Bertz CT molecular complexity index is 2070. The van der Waals surface area contributed by atoms with Crippen molar-refractivity contribution in [3.63, 3.8) is 0 Å². The van der Waals surface area contributed by atoms with Gasteiger partial charge in [-0.1, -0.05) is 128 Å². The molecule has 3 aliphatic heterocycles. The van der Waals surface area contributed by atoms with Gasteiger partial charge in [0, 0.05) is 33.4 Å². The third-order valence-corrected chi connectivity index (χ3v) is 12.4. The van der Waals surface area contributed by atoms with Gasteiger partial charge in [0.1, 0.15) is 0 Å². The average Bonchev–Trinajstić information content (AvgIpc) is 3.46. The fourth-order valence-electron chi connectivity index (χ4n) is 10.1. The molecule has 0 N–H and O–H groups in total. The van der Waals surface area contributed by atoms with Gasteiger partial charge >= 0.3 is 0 Å². The summed E-state index contributed by atoms with van der Waals surface area (Å²) in [4.78, 5) is 2.85. The number of hydrogen-bond donors (Lipinski definition) is 0. The molecule has 4 aromatic carbocycles. The standard InChI is InChI=1S/C42H45BN2/c1-39(2,3)27-24-29-38-31(25-27)43-30-19-14-18-28-34(40(4,5)6)36(26-16-10-9-11-17-26)44(37(28)30)32-20-15-21-33(35(32)43)45(38)42(8)23-13-12-22-41(29,42)7/h9-11,14-21,24-25H,12-13,22-23H2,1-8H3. The van der Waals surface area contributed by atoms with Crippen molar-refractivity contribution in [2.45, 2.75) is 103 Å². The van der Waals surface area contributed by atoms with Crippen molar-refractivity contribution in [1.82, 2.24) is 4.57 Å². The molecule has 0 spiro atoms. The zero-order chi connectivity index (χ0) is 31.3. The molecule has 1 fully saturated rings. The second kappa shape index (κ2) is 8.55. The van der Waals surface area contributed by atoms with Crippen LogP contribution in [-0.2, 0) is 16.2 Å². The van der Waals surface area contributed by atoms with Crippen molar-refractivity contribution >= 4 is 45.4 Å². The number of hydrogen-bond acceptors (Lipinski definition) is 1. The molecule has 2 nitrogen and oxygen atoms in total. The Kier molecular flexibility index (Phi) is 5.24. The quantitative estimate of drug-likeness (QED) is 0.174. The van der Waals surface area contributed by atoms with E-state index >= 15 is 0 Å². The highest BCUT2D eigenvalue weighted by Crippen LogP contribution is 2.62. The van der Waals surface area contributed by atoms with Crippen LogP contribution in [0.4, 0.5) is 11.4 Å². The van der Waals surface area contributed by atoms with Crippen LogP contribution >= 0.6 is 0 Å². The van der Waals surface area contributed by atoms with E-state index in [1.165, 1.54) is 92.4 Å². The van der Waals surface area contributed by atoms with Gasteiger partial charge in [-0.25, -0.2) is 0 Å². The van der Waals surface area contributed by atoms with Gasteiger partial charge in [-0.3, -0.25) is 0 Å². The van der Waals surface area contributed by atoms with E-state index in [2.05, 4.69) is 144 Å². The van der Waals surface area contributed by atoms with Crippen LogP contribution in [0.1, 0.15) is 97.8 Å². The van der Waals surface area contributed by atoms with Crippen LogP contribution in [-0.4, -0.2) is 16.8 Å². The first-order valence-corrected chi connectivity index (χ1v) is 17.2. The van der Waals surface area contributed by atoms with Crippen LogP contribution < -0.4 is 21.3 Å². The molecule has 1 aliphatic carbocycles. The molecular formula is C42H45BN2. The molecule has 4 heterocycles. The van der Waals surface area contributed by atoms with Crippen LogP contribution in [0, 0.1) is 0 Å². The second-order valence-electron chi connectivity index (χ2n) is 16.9. The minimum absolute atomic E-state index is 0.0234. The Morgan fingerprint density at radius 1 is 0.711 bits per heavy atom. The van der Waals surface area contributed by atoms with Gasteiger partial charge in [-0.05, 0) is 81.4 Å². The van der Waals surface area contributed by atoms with Gasteiger partial charge in [0.2, 0.25) is 0 Å². The maximum atomic E-state index is 2.85. The Hall–Kier alpha value is -3.72. The molecular weight excluding hydrogens is 543 g/mol. The van der Waals surface area contributed by atoms with E-state index in [1.807, 2.05) is 0 Å². The van der Waals surface area contributed by atoms with E-state index in [-0.39, 0.29) is 28.5 Å². The topological polar surface area (TPSA) is 8.17 Å². The highest BCUT2D eigenvalue weighted by molar-refractivity contribution is 7.00. The Morgan fingerprint density at radius 3 is 2.16 bits per heavy atom. The van der Waals surface area contributed by atoms with Crippen molar-refractivity contribution < 1.29 is 0 Å². The Balaban J connectivity index is 1.48. The first-order valence-electron chi connectivity index (χ1n) is 17.2. The first-order chi connectivity index (χ1) is 21.4.